The predicted molar refractivity (Wildman–Crippen MR) is 96.9 cm³/mol. The minimum atomic E-state index is -3.79. The zero-order chi connectivity index (χ0) is 19.2. The van der Waals surface area contributed by atoms with Gasteiger partial charge in [-0.3, -0.25) is 9.59 Å². The van der Waals surface area contributed by atoms with Gasteiger partial charge in [-0.2, -0.15) is 4.72 Å². The number of carbonyl (C=O) groups is 2. The molecule has 0 saturated heterocycles. The fraction of sp³-hybridized carbons (Fsp3) is 0.556. The second-order valence-corrected chi connectivity index (χ2v) is 8.50. The van der Waals surface area contributed by atoms with Crippen molar-refractivity contribution < 1.29 is 22.7 Å². The first-order valence-electron chi connectivity index (χ1n) is 8.79. The van der Waals surface area contributed by atoms with Gasteiger partial charge in [0.15, 0.2) is 6.61 Å². The van der Waals surface area contributed by atoms with Crippen LogP contribution in [0.5, 0.6) is 0 Å². The van der Waals surface area contributed by atoms with E-state index < -0.39 is 29.1 Å². The molecule has 0 aromatic heterocycles. The van der Waals surface area contributed by atoms with Crippen LogP contribution in [0, 0.1) is 12.8 Å². The van der Waals surface area contributed by atoms with Crippen molar-refractivity contribution in [3.8, 4) is 0 Å². The minimum Gasteiger partial charge on any atom is -0.455 e. The van der Waals surface area contributed by atoms with E-state index in [1.807, 2.05) is 6.92 Å². The van der Waals surface area contributed by atoms with Gasteiger partial charge in [0.25, 0.3) is 5.91 Å². The number of hydrogen-bond acceptors (Lipinski definition) is 5. The van der Waals surface area contributed by atoms with Crippen molar-refractivity contribution in [3.05, 3.63) is 29.8 Å². The number of rotatable bonds is 7. The Morgan fingerprint density at radius 2 is 1.81 bits per heavy atom. The number of nitrogens with one attached hydrogen (secondary N) is 2. The fourth-order valence-electron chi connectivity index (χ4n) is 2.93. The van der Waals surface area contributed by atoms with E-state index in [0.29, 0.717) is 5.92 Å². The monoisotopic (exact) mass is 382 g/mol. The number of esters is 1. The molecule has 0 bridgehead atoms. The molecule has 0 radical (unpaired) electrons. The second kappa shape index (κ2) is 9.14. The SMILES string of the molecule is Cc1ccc(S(=O)(=O)NCC(=O)OCC(=O)N[C@H]2CCCC[C@H]2C)cc1. The van der Waals surface area contributed by atoms with E-state index in [-0.39, 0.29) is 16.8 Å². The standard InChI is InChI=1S/C18H26N2O5S/c1-13-7-9-15(10-8-13)26(23,24)19-11-18(22)25-12-17(21)20-16-6-4-3-5-14(16)2/h7-10,14,16,19H,3-6,11-12H2,1-2H3,(H,20,21)/t14-,16+/m1/s1. The summed E-state index contributed by atoms with van der Waals surface area (Å²) in [7, 11) is -3.79. The van der Waals surface area contributed by atoms with Gasteiger partial charge in [0.1, 0.15) is 6.54 Å². The third kappa shape index (κ3) is 6.10. The summed E-state index contributed by atoms with van der Waals surface area (Å²) < 4.78 is 31.2. The van der Waals surface area contributed by atoms with Crippen LogP contribution in [-0.2, 0) is 24.3 Å². The van der Waals surface area contributed by atoms with Crippen molar-refractivity contribution in [1.29, 1.82) is 0 Å². The van der Waals surface area contributed by atoms with E-state index in [1.165, 1.54) is 18.6 Å². The van der Waals surface area contributed by atoms with Gasteiger partial charge in [-0.05, 0) is 37.8 Å². The molecule has 26 heavy (non-hydrogen) atoms. The summed E-state index contributed by atoms with van der Waals surface area (Å²) in [6.45, 7) is 3.01. The van der Waals surface area contributed by atoms with Crippen molar-refractivity contribution in [1.82, 2.24) is 10.0 Å². The first-order valence-corrected chi connectivity index (χ1v) is 10.3. The number of ether oxygens (including phenoxy) is 1. The summed E-state index contributed by atoms with van der Waals surface area (Å²) in [5, 5.41) is 2.87. The van der Waals surface area contributed by atoms with Crippen molar-refractivity contribution in [2.75, 3.05) is 13.2 Å². The summed E-state index contributed by atoms with van der Waals surface area (Å²) in [6.07, 6.45) is 4.25. The summed E-state index contributed by atoms with van der Waals surface area (Å²) in [4.78, 5) is 23.7. The first kappa shape index (κ1) is 20.4. The molecule has 1 aromatic rings. The van der Waals surface area contributed by atoms with Crippen molar-refractivity contribution >= 4 is 21.9 Å². The molecule has 1 amide bonds. The molecule has 1 aromatic carbocycles. The Morgan fingerprint density at radius 3 is 2.46 bits per heavy atom. The number of aryl methyl sites for hydroxylation is 1. The van der Waals surface area contributed by atoms with E-state index in [9.17, 15) is 18.0 Å². The van der Waals surface area contributed by atoms with Gasteiger partial charge in [-0.15, -0.1) is 0 Å². The molecule has 0 spiro atoms. The summed E-state index contributed by atoms with van der Waals surface area (Å²) in [5.41, 5.74) is 0.932. The maximum atomic E-state index is 12.1. The minimum absolute atomic E-state index is 0.0694. The third-order valence-electron chi connectivity index (χ3n) is 4.56. The van der Waals surface area contributed by atoms with Crippen LogP contribution >= 0.6 is 0 Å². The highest BCUT2D eigenvalue weighted by atomic mass is 32.2. The Morgan fingerprint density at radius 1 is 1.15 bits per heavy atom. The van der Waals surface area contributed by atoms with Gasteiger partial charge in [-0.1, -0.05) is 37.5 Å². The average molecular weight is 382 g/mol. The fourth-order valence-corrected chi connectivity index (χ4v) is 3.90. The number of amides is 1. The number of hydrogen-bond donors (Lipinski definition) is 2. The number of benzene rings is 1. The van der Waals surface area contributed by atoms with Crippen molar-refractivity contribution in [3.63, 3.8) is 0 Å². The van der Waals surface area contributed by atoms with Crippen LogP contribution in [0.2, 0.25) is 0 Å². The second-order valence-electron chi connectivity index (χ2n) is 6.73. The van der Waals surface area contributed by atoms with E-state index in [2.05, 4.69) is 17.0 Å². The Kier molecular flexibility index (Phi) is 7.16. The molecule has 0 unspecified atom stereocenters. The molecule has 1 aliphatic rings. The Balaban J connectivity index is 1.74. The maximum Gasteiger partial charge on any atom is 0.321 e. The van der Waals surface area contributed by atoms with Gasteiger partial charge < -0.3 is 10.1 Å². The van der Waals surface area contributed by atoms with Crippen LogP contribution in [-0.4, -0.2) is 39.5 Å². The lowest BCUT2D eigenvalue weighted by molar-refractivity contribution is -0.147. The van der Waals surface area contributed by atoms with Gasteiger partial charge in [0.2, 0.25) is 10.0 Å². The first-order chi connectivity index (χ1) is 12.3. The predicted octanol–water partition coefficient (Wildman–Crippen LogP) is 1.51. The largest absolute Gasteiger partial charge is 0.455 e. The molecule has 2 N–H and O–H groups in total. The molecule has 0 aliphatic heterocycles. The average Bonchev–Trinajstić information content (AvgIpc) is 2.60. The molecule has 8 heteroatoms. The Labute approximate surface area is 154 Å². The van der Waals surface area contributed by atoms with E-state index in [0.717, 1.165) is 24.8 Å². The molecule has 2 atom stereocenters. The van der Waals surface area contributed by atoms with E-state index in [1.54, 1.807) is 12.1 Å². The van der Waals surface area contributed by atoms with Gasteiger partial charge in [0.05, 0.1) is 4.90 Å². The Hall–Kier alpha value is -1.93. The molecule has 2 rings (SSSR count). The summed E-state index contributed by atoms with van der Waals surface area (Å²) in [6, 6.07) is 6.37. The van der Waals surface area contributed by atoms with Gasteiger partial charge in [-0.25, -0.2) is 8.42 Å². The van der Waals surface area contributed by atoms with Gasteiger partial charge >= 0.3 is 5.97 Å². The molecule has 144 valence electrons. The molecular weight excluding hydrogens is 356 g/mol. The zero-order valence-electron chi connectivity index (χ0n) is 15.2. The van der Waals surface area contributed by atoms with Crippen LogP contribution in [0.1, 0.15) is 38.2 Å². The smallest absolute Gasteiger partial charge is 0.321 e. The van der Waals surface area contributed by atoms with Crippen LogP contribution in [0.4, 0.5) is 0 Å². The van der Waals surface area contributed by atoms with Crippen LogP contribution in [0.3, 0.4) is 0 Å². The molecule has 0 heterocycles. The van der Waals surface area contributed by atoms with Crippen molar-refractivity contribution in [2.45, 2.75) is 50.5 Å². The van der Waals surface area contributed by atoms with E-state index in [4.69, 9.17) is 4.74 Å². The lowest BCUT2D eigenvalue weighted by Gasteiger charge is -2.29. The quantitative estimate of drug-likeness (QED) is 0.696. The normalized spacial score (nSPS) is 20.4. The third-order valence-corrected chi connectivity index (χ3v) is 5.98. The highest BCUT2D eigenvalue weighted by molar-refractivity contribution is 7.89. The summed E-state index contributed by atoms with van der Waals surface area (Å²) >= 11 is 0. The van der Waals surface area contributed by atoms with Gasteiger partial charge in [0, 0.05) is 6.04 Å². The molecule has 7 nitrogen and oxygen atoms in total. The number of sulfonamides is 1. The van der Waals surface area contributed by atoms with Crippen LogP contribution in [0.15, 0.2) is 29.2 Å². The maximum absolute atomic E-state index is 12.1. The van der Waals surface area contributed by atoms with Crippen molar-refractivity contribution in [2.24, 2.45) is 5.92 Å². The highest BCUT2D eigenvalue weighted by Gasteiger charge is 2.23. The number of carbonyl (C=O) groups excluding carboxylic acids is 2. The highest BCUT2D eigenvalue weighted by Crippen LogP contribution is 2.23. The molecular formula is C18H26N2O5S. The summed E-state index contributed by atoms with van der Waals surface area (Å²) in [5.74, 6) is -0.754. The zero-order valence-corrected chi connectivity index (χ0v) is 16.0. The molecule has 1 saturated carbocycles. The lowest BCUT2D eigenvalue weighted by Crippen LogP contribution is -2.43. The lowest BCUT2D eigenvalue weighted by atomic mass is 9.86. The van der Waals surface area contributed by atoms with Crippen LogP contribution < -0.4 is 10.0 Å². The topological polar surface area (TPSA) is 102 Å². The molecule has 1 aliphatic carbocycles. The van der Waals surface area contributed by atoms with E-state index >= 15 is 0 Å². The molecule has 1 fully saturated rings. The van der Waals surface area contributed by atoms with Crippen LogP contribution in [0.25, 0.3) is 0 Å². The Bertz CT molecular complexity index is 730.